The zero-order valence-electron chi connectivity index (χ0n) is 11.8. The van der Waals surface area contributed by atoms with E-state index in [1.165, 1.54) is 16.5 Å². The molecule has 1 aromatic carbocycles. The van der Waals surface area contributed by atoms with Crippen LogP contribution >= 0.6 is 0 Å². The topological polar surface area (TPSA) is 55.9 Å². The van der Waals surface area contributed by atoms with E-state index < -0.39 is 0 Å². The maximum absolute atomic E-state index is 5.47. The molecule has 0 amide bonds. The summed E-state index contributed by atoms with van der Waals surface area (Å²) in [5.41, 5.74) is 2.51. The van der Waals surface area contributed by atoms with Crippen LogP contribution in [0.4, 0.5) is 0 Å². The zero-order chi connectivity index (χ0) is 13.9. The Kier molecular flexibility index (Phi) is 3.52. The highest BCUT2D eigenvalue weighted by atomic mass is 16.4. The molecule has 0 fully saturated rings. The minimum atomic E-state index is 0.601. The molecule has 2 heterocycles. The van der Waals surface area contributed by atoms with Gasteiger partial charge < -0.3 is 14.3 Å². The molecule has 0 saturated carbocycles. The number of fused-ring (bicyclic) bond motifs is 1. The molecule has 104 valence electrons. The van der Waals surface area contributed by atoms with Crippen molar-refractivity contribution in [2.45, 2.75) is 26.9 Å². The van der Waals surface area contributed by atoms with E-state index in [4.69, 9.17) is 4.42 Å². The molecule has 5 nitrogen and oxygen atoms in total. The van der Waals surface area contributed by atoms with Gasteiger partial charge in [-0.05, 0) is 23.6 Å². The standard InChI is InChI=1S/C15H18N4O/c1-3-16-9-13-6-4-5-12-7-8-19(15(12)13)10-14-18-17-11(2)20-14/h4-8,16H,3,9-10H2,1-2H3. The van der Waals surface area contributed by atoms with Crippen molar-refractivity contribution in [1.82, 2.24) is 20.1 Å². The summed E-state index contributed by atoms with van der Waals surface area (Å²) < 4.78 is 7.63. The van der Waals surface area contributed by atoms with E-state index >= 15 is 0 Å². The number of hydrogen-bond donors (Lipinski definition) is 1. The number of nitrogens with zero attached hydrogens (tertiary/aromatic N) is 3. The van der Waals surface area contributed by atoms with E-state index in [2.05, 4.69) is 57.5 Å². The molecule has 3 aromatic rings. The van der Waals surface area contributed by atoms with Gasteiger partial charge in [0.2, 0.25) is 11.8 Å². The lowest BCUT2D eigenvalue weighted by molar-refractivity contribution is 0.457. The predicted molar refractivity (Wildman–Crippen MR) is 77.5 cm³/mol. The maximum Gasteiger partial charge on any atom is 0.236 e. The van der Waals surface area contributed by atoms with Crippen LogP contribution in [0, 0.1) is 6.92 Å². The minimum Gasteiger partial charge on any atom is -0.424 e. The van der Waals surface area contributed by atoms with Gasteiger partial charge in [-0.25, -0.2) is 0 Å². The first-order valence-corrected chi connectivity index (χ1v) is 6.84. The van der Waals surface area contributed by atoms with Gasteiger partial charge in [-0.2, -0.15) is 0 Å². The van der Waals surface area contributed by atoms with Gasteiger partial charge in [0.1, 0.15) is 6.54 Å². The van der Waals surface area contributed by atoms with Crippen molar-refractivity contribution in [3.63, 3.8) is 0 Å². The van der Waals surface area contributed by atoms with Crippen molar-refractivity contribution in [2.75, 3.05) is 6.54 Å². The molecule has 0 saturated heterocycles. The van der Waals surface area contributed by atoms with E-state index in [-0.39, 0.29) is 0 Å². The first-order chi connectivity index (χ1) is 9.78. The monoisotopic (exact) mass is 270 g/mol. The van der Waals surface area contributed by atoms with Crippen LogP contribution in [0.25, 0.3) is 10.9 Å². The van der Waals surface area contributed by atoms with Crippen LogP contribution in [-0.4, -0.2) is 21.3 Å². The van der Waals surface area contributed by atoms with Crippen LogP contribution in [0.1, 0.15) is 24.3 Å². The number of rotatable bonds is 5. The molecular weight excluding hydrogens is 252 g/mol. The van der Waals surface area contributed by atoms with Crippen LogP contribution in [0.2, 0.25) is 0 Å². The average Bonchev–Trinajstić information content (AvgIpc) is 3.04. The van der Waals surface area contributed by atoms with Crippen LogP contribution in [0.3, 0.4) is 0 Å². The highest BCUT2D eigenvalue weighted by Crippen LogP contribution is 2.21. The summed E-state index contributed by atoms with van der Waals surface area (Å²) in [4.78, 5) is 0. The molecule has 2 aromatic heterocycles. The second-order valence-corrected chi connectivity index (χ2v) is 4.79. The number of hydrogen-bond acceptors (Lipinski definition) is 4. The van der Waals surface area contributed by atoms with Gasteiger partial charge in [0, 0.05) is 19.7 Å². The number of benzene rings is 1. The van der Waals surface area contributed by atoms with Crippen molar-refractivity contribution in [1.29, 1.82) is 0 Å². The fraction of sp³-hybridized carbons (Fsp3) is 0.333. The molecule has 20 heavy (non-hydrogen) atoms. The fourth-order valence-corrected chi connectivity index (χ4v) is 2.42. The molecule has 0 aliphatic rings. The lowest BCUT2D eigenvalue weighted by atomic mass is 10.1. The highest BCUT2D eigenvalue weighted by molar-refractivity contribution is 5.83. The van der Waals surface area contributed by atoms with E-state index in [0.29, 0.717) is 18.3 Å². The summed E-state index contributed by atoms with van der Waals surface area (Å²) in [6.45, 7) is 6.34. The summed E-state index contributed by atoms with van der Waals surface area (Å²) >= 11 is 0. The fourth-order valence-electron chi connectivity index (χ4n) is 2.42. The molecule has 0 aliphatic carbocycles. The molecule has 0 aliphatic heterocycles. The molecule has 0 unspecified atom stereocenters. The smallest absolute Gasteiger partial charge is 0.236 e. The number of aryl methyl sites for hydroxylation is 1. The lowest BCUT2D eigenvalue weighted by Gasteiger charge is -2.08. The molecule has 0 radical (unpaired) electrons. The van der Waals surface area contributed by atoms with Gasteiger partial charge in [0.25, 0.3) is 0 Å². The molecule has 5 heteroatoms. The third kappa shape index (κ3) is 2.44. The molecule has 3 rings (SSSR count). The predicted octanol–water partition coefficient (Wildman–Crippen LogP) is 2.49. The third-order valence-corrected chi connectivity index (χ3v) is 3.31. The maximum atomic E-state index is 5.47. The van der Waals surface area contributed by atoms with E-state index in [9.17, 15) is 0 Å². The average molecular weight is 270 g/mol. The summed E-state index contributed by atoms with van der Waals surface area (Å²) in [5, 5.41) is 12.6. The van der Waals surface area contributed by atoms with Gasteiger partial charge >= 0.3 is 0 Å². The van der Waals surface area contributed by atoms with Gasteiger partial charge in [-0.15, -0.1) is 10.2 Å². The minimum absolute atomic E-state index is 0.601. The van der Waals surface area contributed by atoms with Crippen LogP contribution in [-0.2, 0) is 13.1 Å². The molecule has 0 spiro atoms. The summed E-state index contributed by atoms with van der Waals surface area (Å²) in [6.07, 6.45) is 2.07. The Morgan fingerprint density at radius 1 is 1.25 bits per heavy atom. The molecule has 1 N–H and O–H groups in total. The Labute approximate surface area is 117 Å². The van der Waals surface area contributed by atoms with Crippen molar-refractivity contribution >= 4 is 10.9 Å². The number of aromatic nitrogens is 3. The SMILES string of the molecule is CCNCc1cccc2ccn(Cc3nnc(C)o3)c12. The summed E-state index contributed by atoms with van der Waals surface area (Å²) in [7, 11) is 0. The Balaban J connectivity index is 1.98. The van der Waals surface area contributed by atoms with Crippen molar-refractivity contribution in [3.05, 3.63) is 47.8 Å². The molecule has 0 atom stereocenters. The zero-order valence-corrected chi connectivity index (χ0v) is 11.8. The third-order valence-electron chi connectivity index (χ3n) is 3.31. The van der Waals surface area contributed by atoms with Crippen molar-refractivity contribution in [3.8, 4) is 0 Å². The number of nitrogens with one attached hydrogen (secondary N) is 1. The van der Waals surface area contributed by atoms with E-state index in [1.807, 2.05) is 0 Å². The van der Waals surface area contributed by atoms with E-state index in [0.717, 1.165) is 13.1 Å². The van der Waals surface area contributed by atoms with Crippen LogP contribution < -0.4 is 5.32 Å². The summed E-state index contributed by atoms with van der Waals surface area (Å²) in [5.74, 6) is 1.24. The Morgan fingerprint density at radius 2 is 2.15 bits per heavy atom. The Bertz CT molecular complexity index is 714. The second-order valence-electron chi connectivity index (χ2n) is 4.79. The quantitative estimate of drug-likeness (QED) is 0.774. The normalized spacial score (nSPS) is 11.3. The second kappa shape index (κ2) is 5.46. The first-order valence-electron chi connectivity index (χ1n) is 6.84. The van der Waals surface area contributed by atoms with Crippen molar-refractivity contribution in [2.24, 2.45) is 0 Å². The Morgan fingerprint density at radius 3 is 2.90 bits per heavy atom. The van der Waals surface area contributed by atoms with Gasteiger partial charge in [0.05, 0.1) is 5.52 Å². The first kappa shape index (κ1) is 12.9. The van der Waals surface area contributed by atoms with E-state index in [1.54, 1.807) is 6.92 Å². The van der Waals surface area contributed by atoms with Gasteiger partial charge in [-0.1, -0.05) is 25.1 Å². The Hall–Kier alpha value is -2.14. The largest absolute Gasteiger partial charge is 0.424 e. The van der Waals surface area contributed by atoms with Crippen LogP contribution in [0.15, 0.2) is 34.9 Å². The summed E-state index contributed by atoms with van der Waals surface area (Å²) in [6, 6.07) is 8.49. The van der Waals surface area contributed by atoms with Crippen molar-refractivity contribution < 1.29 is 4.42 Å². The lowest BCUT2D eigenvalue weighted by Crippen LogP contribution is -2.13. The van der Waals surface area contributed by atoms with Crippen LogP contribution in [0.5, 0.6) is 0 Å². The molecule has 0 bridgehead atoms. The number of para-hydroxylation sites is 1. The van der Waals surface area contributed by atoms with Gasteiger partial charge in [-0.3, -0.25) is 0 Å². The molecular formula is C15H18N4O. The van der Waals surface area contributed by atoms with Gasteiger partial charge in [0.15, 0.2) is 0 Å². The highest BCUT2D eigenvalue weighted by Gasteiger charge is 2.09.